The molecule has 1 N–H and O–H groups in total. The van der Waals surface area contributed by atoms with Gasteiger partial charge in [-0.2, -0.15) is 0 Å². The molecular weight excluding hydrogens is 436 g/mol. The van der Waals surface area contributed by atoms with Gasteiger partial charge in [-0.3, -0.25) is 19.3 Å². The van der Waals surface area contributed by atoms with Crippen molar-refractivity contribution in [3.8, 4) is 5.75 Å². The largest absolute Gasteiger partial charge is 0.489 e. The van der Waals surface area contributed by atoms with E-state index in [1.807, 2.05) is 39.0 Å². The van der Waals surface area contributed by atoms with E-state index >= 15 is 0 Å². The summed E-state index contributed by atoms with van der Waals surface area (Å²) in [6, 6.07) is 12.5. The number of imide groups is 1. The number of nitrogens with zero attached hydrogens (tertiary/aromatic N) is 1. The van der Waals surface area contributed by atoms with Crippen molar-refractivity contribution in [3.63, 3.8) is 0 Å². The van der Waals surface area contributed by atoms with Crippen LogP contribution in [0, 0.1) is 6.92 Å². The lowest BCUT2D eigenvalue weighted by Crippen LogP contribution is -2.36. The lowest BCUT2D eigenvalue weighted by atomic mass is 10.2. The molecule has 0 spiro atoms. The number of nitrogens with one attached hydrogen (secondary N) is 1. The molecule has 31 heavy (non-hydrogen) atoms. The molecule has 1 fully saturated rings. The fourth-order valence-electron chi connectivity index (χ4n) is 2.86. The Morgan fingerprint density at radius 2 is 2.03 bits per heavy atom. The van der Waals surface area contributed by atoms with Gasteiger partial charge in [-0.25, -0.2) is 0 Å². The van der Waals surface area contributed by atoms with E-state index in [0.29, 0.717) is 22.0 Å². The van der Waals surface area contributed by atoms with E-state index in [0.717, 1.165) is 28.6 Å². The second-order valence-electron chi connectivity index (χ2n) is 7.21. The summed E-state index contributed by atoms with van der Waals surface area (Å²) in [5.74, 6) is -0.386. The van der Waals surface area contributed by atoms with Gasteiger partial charge in [-0.1, -0.05) is 36.7 Å². The first-order chi connectivity index (χ1) is 14.8. The highest BCUT2D eigenvalue weighted by atomic mass is 35.5. The Morgan fingerprint density at radius 1 is 1.26 bits per heavy atom. The molecule has 0 aromatic heterocycles. The number of carbonyl (C=O) groups excluding carboxylic acids is 3. The second kappa shape index (κ2) is 10.0. The van der Waals surface area contributed by atoms with Crippen molar-refractivity contribution in [3.05, 3.63) is 63.5 Å². The van der Waals surface area contributed by atoms with Crippen LogP contribution >= 0.6 is 23.4 Å². The first-order valence-electron chi connectivity index (χ1n) is 9.85. The van der Waals surface area contributed by atoms with Crippen LogP contribution in [0.4, 0.5) is 10.5 Å². The third-order valence-corrected chi connectivity index (χ3v) is 5.84. The van der Waals surface area contributed by atoms with Gasteiger partial charge in [0.25, 0.3) is 11.1 Å². The SMILES string of the molecule is CC[C@@H](C)Oc1ccc(/C=C2\SC(=O)N(CC(=O)Nc3cccc(C)c3)C2=O)cc1Cl. The maximum Gasteiger partial charge on any atom is 0.294 e. The molecule has 3 rings (SSSR count). The minimum atomic E-state index is -0.509. The van der Waals surface area contributed by atoms with Crippen LogP contribution in [0.15, 0.2) is 47.4 Å². The first kappa shape index (κ1) is 22.9. The highest BCUT2D eigenvalue weighted by molar-refractivity contribution is 8.18. The normalized spacial score (nSPS) is 16.0. The number of ether oxygens (including phenoxy) is 1. The number of aryl methyl sites for hydroxylation is 1. The molecule has 0 unspecified atom stereocenters. The van der Waals surface area contributed by atoms with Crippen LogP contribution in [0.3, 0.4) is 0 Å². The minimum absolute atomic E-state index is 0.0331. The number of thioether (sulfide) groups is 1. The quantitative estimate of drug-likeness (QED) is 0.554. The topological polar surface area (TPSA) is 75.7 Å². The molecule has 3 amide bonds. The van der Waals surface area contributed by atoms with Gasteiger partial charge < -0.3 is 10.1 Å². The predicted molar refractivity (Wildman–Crippen MR) is 124 cm³/mol. The highest BCUT2D eigenvalue weighted by Gasteiger charge is 2.36. The van der Waals surface area contributed by atoms with Crippen molar-refractivity contribution >= 4 is 52.2 Å². The van der Waals surface area contributed by atoms with Gasteiger partial charge in [0.1, 0.15) is 12.3 Å². The zero-order valence-corrected chi connectivity index (χ0v) is 19.0. The maximum atomic E-state index is 12.7. The summed E-state index contributed by atoms with van der Waals surface area (Å²) < 4.78 is 5.74. The van der Waals surface area contributed by atoms with Crippen LogP contribution in [0.2, 0.25) is 5.02 Å². The number of amides is 3. The van der Waals surface area contributed by atoms with E-state index < -0.39 is 17.1 Å². The summed E-state index contributed by atoms with van der Waals surface area (Å²) in [4.78, 5) is 38.5. The third-order valence-electron chi connectivity index (χ3n) is 4.63. The van der Waals surface area contributed by atoms with Crippen LogP contribution in [0.25, 0.3) is 6.08 Å². The molecule has 1 saturated heterocycles. The first-order valence-corrected chi connectivity index (χ1v) is 11.0. The van der Waals surface area contributed by atoms with Crippen molar-refractivity contribution in [2.45, 2.75) is 33.3 Å². The summed E-state index contributed by atoms with van der Waals surface area (Å²) in [7, 11) is 0. The minimum Gasteiger partial charge on any atom is -0.489 e. The van der Waals surface area contributed by atoms with Gasteiger partial charge in [0.15, 0.2) is 0 Å². The monoisotopic (exact) mass is 458 g/mol. The zero-order valence-electron chi connectivity index (χ0n) is 17.5. The standard InChI is InChI=1S/C23H23ClN2O4S/c1-4-15(3)30-19-9-8-16(11-18(19)24)12-20-22(28)26(23(29)31-20)13-21(27)25-17-7-5-6-14(2)10-17/h5-12,15H,4,13H2,1-3H3,(H,25,27)/b20-12-/t15-/m1/s1. The summed E-state index contributed by atoms with van der Waals surface area (Å²) in [5, 5.41) is 2.64. The van der Waals surface area contributed by atoms with Crippen molar-refractivity contribution < 1.29 is 19.1 Å². The molecule has 2 aromatic carbocycles. The predicted octanol–water partition coefficient (Wildman–Crippen LogP) is 5.50. The summed E-state index contributed by atoms with van der Waals surface area (Å²) in [5.41, 5.74) is 2.27. The number of hydrogen-bond donors (Lipinski definition) is 1. The van der Waals surface area contributed by atoms with E-state index in [2.05, 4.69) is 5.32 Å². The number of carbonyl (C=O) groups is 3. The van der Waals surface area contributed by atoms with Gasteiger partial charge in [0.05, 0.1) is 16.0 Å². The smallest absolute Gasteiger partial charge is 0.294 e. The summed E-state index contributed by atoms with van der Waals surface area (Å²) >= 11 is 7.09. The molecule has 0 aliphatic carbocycles. The highest BCUT2D eigenvalue weighted by Crippen LogP contribution is 2.34. The van der Waals surface area contributed by atoms with E-state index in [1.165, 1.54) is 0 Å². The molecule has 0 saturated carbocycles. The second-order valence-corrected chi connectivity index (χ2v) is 8.61. The fourth-order valence-corrected chi connectivity index (χ4v) is 3.93. The van der Waals surface area contributed by atoms with Crippen molar-refractivity contribution in [2.24, 2.45) is 0 Å². The number of anilines is 1. The fraction of sp³-hybridized carbons (Fsp3) is 0.261. The molecule has 162 valence electrons. The van der Waals surface area contributed by atoms with Crippen molar-refractivity contribution in [2.75, 3.05) is 11.9 Å². The Morgan fingerprint density at radius 3 is 2.71 bits per heavy atom. The van der Waals surface area contributed by atoms with Crippen LogP contribution in [-0.2, 0) is 9.59 Å². The van der Waals surface area contributed by atoms with Crippen molar-refractivity contribution in [1.29, 1.82) is 0 Å². The number of benzene rings is 2. The van der Waals surface area contributed by atoms with Crippen LogP contribution < -0.4 is 10.1 Å². The molecule has 6 nitrogen and oxygen atoms in total. The lowest BCUT2D eigenvalue weighted by molar-refractivity contribution is -0.127. The Labute approximate surface area is 190 Å². The molecule has 8 heteroatoms. The number of halogens is 1. The Bertz CT molecular complexity index is 1050. The molecular formula is C23H23ClN2O4S. The van der Waals surface area contributed by atoms with Crippen LogP contribution in [0.5, 0.6) is 5.75 Å². The van der Waals surface area contributed by atoms with Crippen LogP contribution in [-0.4, -0.2) is 34.6 Å². The molecule has 1 aliphatic heterocycles. The van der Waals surface area contributed by atoms with E-state index in [-0.39, 0.29) is 17.6 Å². The maximum absolute atomic E-state index is 12.7. The summed E-state index contributed by atoms with van der Waals surface area (Å²) in [6.45, 7) is 5.53. The van der Waals surface area contributed by atoms with E-state index in [4.69, 9.17) is 16.3 Å². The number of hydrogen-bond acceptors (Lipinski definition) is 5. The molecule has 1 heterocycles. The van der Waals surface area contributed by atoms with E-state index in [9.17, 15) is 14.4 Å². The van der Waals surface area contributed by atoms with Gasteiger partial charge in [0.2, 0.25) is 5.91 Å². The molecule has 1 atom stereocenters. The molecule has 1 aliphatic rings. The van der Waals surface area contributed by atoms with Crippen LogP contribution in [0.1, 0.15) is 31.4 Å². The molecule has 0 radical (unpaired) electrons. The Balaban J connectivity index is 1.68. The van der Waals surface area contributed by atoms with E-state index in [1.54, 1.807) is 30.3 Å². The third kappa shape index (κ3) is 5.89. The van der Waals surface area contributed by atoms with Gasteiger partial charge in [-0.05, 0) is 73.5 Å². The van der Waals surface area contributed by atoms with Gasteiger partial charge in [-0.15, -0.1) is 0 Å². The lowest BCUT2D eigenvalue weighted by Gasteiger charge is -2.14. The zero-order chi connectivity index (χ0) is 22.5. The van der Waals surface area contributed by atoms with Gasteiger partial charge >= 0.3 is 0 Å². The average Bonchev–Trinajstić information content (AvgIpc) is 2.97. The van der Waals surface area contributed by atoms with Gasteiger partial charge in [0, 0.05) is 5.69 Å². The Kier molecular flexibility index (Phi) is 7.41. The van der Waals surface area contributed by atoms with Crippen molar-refractivity contribution in [1.82, 2.24) is 4.90 Å². The average molecular weight is 459 g/mol. The number of rotatable bonds is 7. The molecule has 0 bridgehead atoms. The Hall–Kier alpha value is -2.77. The molecule has 2 aromatic rings. The summed E-state index contributed by atoms with van der Waals surface area (Å²) in [6.07, 6.45) is 2.47.